The fourth-order valence-electron chi connectivity index (χ4n) is 2.40. The molecular weight excluding hydrogens is 288 g/mol. The Morgan fingerprint density at radius 3 is 2.81 bits per heavy atom. The summed E-state index contributed by atoms with van der Waals surface area (Å²) in [7, 11) is 0. The molecule has 0 aliphatic carbocycles. The monoisotopic (exact) mass is 306 g/mol. The summed E-state index contributed by atoms with van der Waals surface area (Å²) in [6.07, 6.45) is 3.94. The molecule has 2 aromatic rings. The van der Waals surface area contributed by atoms with Crippen LogP contribution in [0.15, 0.2) is 42.6 Å². The first kappa shape index (κ1) is 15.5. The molecule has 1 aromatic carbocycles. The summed E-state index contributed by atoms with van der Waals surface area (Å²) in [5.41, 5.74) is 1.41. The van der Waals surface area contributed by atoms with E-state index in [2.05, 4.69) is 15.7 Å². The largest absolute Gasteiger partial charge is 0.347 e. The Balaban J connectivity index is 0.00000161. The number of nitrogens with one attached hydrogen (secondary N) is 2. The van der Waals surface area contributed by atoms with E-state index in [1.807, 2.05) is 36.5 Å². The first-order valence-corrected chi connectivity index (χ1v) is 6.95. The number of aromatic nitrogens is 2. The number of hydrogen-bond acceptors (Lipinski definition) is 3. The topological polar surface area (TPSA) is 59.0 Å². The van der Waals surface area contributed by atoms with Crippen LogP contribution in [-0.4, -0.2) is 34.8 Å². The van der Waals surface area contributed by atoms with Crippen LogP contribution in [0.25, 0.3) is 5.69 Å². The quantitative estimate of drug-likeness (QED) is 0.909. The molecule has 1 aliphatic rings. The Hall–Kier alpha value is -1.85. The number of amides is 1. The zero-order valence-corrected chi connectivity index (χ0v) is 12.5. The van der Waals surface area contributed by atoms with Gasteiger partial charge in [-0.1, -0.05) is 18.2 Å². The zero-order chi connectivity index (χ0) is 13.8. The lowest BCUT2D eigenvalue weighted by Gasteiger charge is -2.23. The number of halogens is 1. The van der Waals surface area contributed by atoms with Gasteiger partial charge in [0.2, 0.25) is 0 Å². The molecule has 6 heteroatoms. The van der Waals surface area contributed by atoms with E-state index in [-0.39, 0.29) is 24.4 Å². The van der Waals surface area contributed by atoms with Crippen molar-refractivity contribution in [2.24, 2.45) is 0 Å². The van der Waals surface area contributed by atoms with Gasteiger partial charge in [0.1, 0.15) is 0 Å². The number of benzene rings is 1. The number of para-hydroxylation sites is 1. The third-order valence-corrected chi connectivity index (χ3v) is 3.47. The van der Waals surface area contributed by atoms with Crippen molar-refractivity contribution in [1.29, 1.82) is 0 Å². The van der Waals surface area contributed by atoms with Crippen molar-refractivity contribution < 1.29 is 4.79 Å². The van der Waals surface area contributed by atoms with Crippen LogP contribution in [0.5, 0.6) is 0 Å². The summed E-state index contributed by atoms with van der Waals surface area (Å²) in [5.74, 6) is -0.103. The van der Waals surface area contributed by atoms with Crippen molar-refractivity contribution in [3.05, 3.63) is 48.3 Å². The van der Waals surface area contributed by atoms with Crippen LogP contribution >= 0.6 is 12.4 Å². The van der Waals surface area contributed by atoms with Crippen molar-refractivity contribution in [1.82, 2.24) is 20.4 Å². The molecule has 0 spiro atoms. The van der Waals surface area contributed by atoms with Gasteiger partial charge in [0.05, 0.1) is 5.69 Å². The molecule has 0 bridgehead atoms. The predicted molar refractivity (Wildman–Crippen MR) is 84.2 cm³/mol. The smallest absolute Gasteiger partial charge is 0.272 e. The number of piperidine rings is 1. The summed E-state index contributed by atoms with van der Waals surface area (Å²) < 4.78 is 1.72. The molecule has 1 atom stereocenters. The van der Waals surface area contributed by atoms with Gasteiger partial charge in [-0.15, -0.1) is 12.4 Å². The minimum absolute atomic E-state index is 0. The first-order chi connectivity index (χ1) is 9.83. The number of nitrogens with zero attached hydrogens (tertiary/aromatic N) is 2. The molecule has 2 N–H and O–H groups in total. The van der Waals surface area contributed by atoms with E-state index in [4.69, 9.17) is 0 Å². The van der Waals surface area contributed by atoms with E-state index in [1.54, 1.807) is 10.7 Å². The number of rotatable bonds is 3. The lowest BCUT2D eigenvalue weighted by atomic mass is 10.1. The molecule has 1 unspecified atom stereocenters. The normalized spacial score (nSPS) is 17.8. The summed E-state index contributed by atoms with van der Waals surface area (Å²) in [6, 6.07) is 11.7. The van der Waals surface area contributed by atoms with E-state index in [1.165, 1.54) is 0 Å². The van der Waals surface area contributed by atoms with Crippen molar-refractivity contribution >= 4 is 18.3 Å². The van der Waals surface area contributed by atoms with Gasteiger partial charge in [-0.25, -0.2) is 4.68 Å². The Morgan fingerprint density at radius 2 is 2.10 bits per heavy atom. The Bertz CT molecular complexity index is 578. The minimum atomic E-state index is -0.103. The fourth-order valence-corrected chi connectivity index (χ4v) is 2.40. The first-order valence-electron chi connectivity index (χ1n) is 6.95. The average Bonchev–Trinajstić information content (AvgIpc) is 2.99. The van der Waals surface area contributed by atoms with Gasteiger partial charge in [-0.05, 0) is 37.6 Å². The third kappa shape index (κ3) is 3.83. The highest BCUT2D eigenvalue weighted by Gasteiger charge is 2.17. The van der Waals surface area contributed by atoms with Crippen molar-refractivity contribution in [2.45, 2.75) is 18.9 Å². The van der Waals surface area contributed by atoms with Crippen LogP contribution in [0, 0.1) is 0 Å². The maximum absolute atomic E-state index is 12.1. The van der Waals surface area contributed by atoms with Crippen molar-refractivity contribution in [2.75, 3.05) is 13.1 Å². The molecule has 1 aliphatic heterocycles. The second kappa shape index (κ2) is 7.24. The lowest BCUT2D eigenvalue weighted by molar-refractivity contribution is 0.0925. The second-order valence-corrected chi connectivity index (χ2v) is 5.00. The van der Waals surface area contributed by atoms with Crippen LogP contribution in [0.4, 0.5) is 0 Å². The summed E-state index contributed by atoms with van der Waals surface area (Å²) in [4.78, 5) is 12.1. The standard InChI is InChI=1S/C15H18N4O.ClH/c20-15(17-12-5-4-9-16-11-12)14-8-10-19(18-14)13-6-2-1-3-7-13;/h1-3,6-8,10,12,16H,4-5,9,11H2,(H,17,20);1H. The molecule has 2 heterocycles. The number of hydrogen-bond donors (Lipinski definition) is 2. The molecule has 1 fully saturated rings. The summed E-state index contributed by atoms with van der Waals surface area (Å²) in [6.45, 7) is 1.88. The van der Waals surface area contributed by atoms with Gasteiger partial charge < -0.3 is 10.6 Å². The minimum Gasteiger partial charge on any atom is -0.347 e. The van der Waals surface area contributed by atoms with E-state index >= 15 is 0 Å². The van der Waals surface area contributed by atoms with Gasteiger partial charge in [-0.2, -0.15) is 5.10 Å². The Kier molecular flexibility index (Phi) is 5.36. The Morgan fingerprint density at radius 1 is 1.29 bits per heavy atom. The van der Waals surface area contributed by atoms with Gasteiger partial charge in [-0.3, -0.25) is 4.79 Å². The summed E-state index contributed by atoms with van der Waals surface area (Å²) in [5, 5.41) is 10.6. The number of carbonyl (C=O) groups is 1. The van der Waals surface area contributed by atoms with E-state index in [0.29, 0.717) is 5.69 Å². The van der Waals surface area contributed by atoms with E-state index in [9.17, 15) is 4.79 Å². The van der Waals surface area contributed by atoms with E-state index < -0.39 is 0 Å². The molecule has 1 saturated heterocycles. The average molecular weight is 307 g/mol. The van der Waals surface area contributed by atoms with Crippen LogP contribution < -0.4 is 10.6 Å². The highest BCUT2D eigenvalue weighted by atomic mass is 35.5. The molecule has 0 saturated carbocycles. The zero-order valence-electron chi connectivity index (χ0n) is 11.7. The van der Waals surface area contributed by atoms with Crippen LogP contribution in [0.3, 0.4) is 0 Å². The molecule has 112 valence electrons. The van der Waals surface area contributed by atoms with Gasteiger partial charge in [0, 0.05) is 18.8 Å². The van der Waals surface area contributed by atoms with Crippen molar-refractivity contribution in [3.8, 4) is 5.69 Å². The number of carbonyl (C=O) groups excluding carboxylic acids is 1. The Labute approximate surface area is 130 Å². The van der Waals surface area contributed by atoms with Crippen LogP contribution in [0.1, 0.15) is 23.3 Å². The van der Waals surface area contributed by atoms with Gasteiger partial charge >= 0.3 is 0 Å². The SMILES string of the molecule is Cl.O=C(NC1CCCNC1)c1ccn(-c2ccccc2)n1. The fraction of sp³-hybridized carbons (Fsp3) is 0.333. The molecule has 21 heavy (non-hydrogen) atoms. The van der Waals surface area contributed by atoms with Crippen LogP contribution in [-0.2, 0) is 0 Å². The maximum Gasteiger partial charge on any atom is 0.272 e. The molecule has 5 nitrogen and oxygen atoms in total. The lowest BCUT2D eigenvalue weighted by Crippen LogP contribution is -2.45. The van der Waals surface area contributed by atoms with E-state index in [0.717, 1.165) is 31.6 Å². The highest BCUT2D eigenvalue weighted by Crippen LogP contribution is 2.08. The van der Waals surface area contributed by atoms with Crippen LogP contribution in [0.2, 0.25) is 0 Å². The predicted octanol–water partition coefficient (Wildman–Crippen LogP) is 1.78. The molecular formula is C15H19ClN4O. The molecule has 0 radical (unpaired) electrons. The second-order valence-electron chi connectivity index (χ2n) is 5.00. The highest BCUT2D eigenvalue weighted by molar-refractivity contribution is 5.92. The van der Waals surface area contributed by atoms with Gasteiger partial charge in [0.15, 0.2) is 5.69 Å². The molecule has 1 aromatic heterocycles. The van der Waals surface area contributed by atoms with Gasteiger partial charge in [0.25, 0.3) is 5.91 Å². The summed E-state index contributed by atoms with van der Waals surface area (Å²) >= 11 is 0. The molecule has 3 rings (SSSR count). The van der Waals surface area contributed by atoms with Crippen molar-refractivity contribution in [3.63, 3.8) is 0 Å². The third-order valence-electron chi connectivity index (χ3n) is 3.47. The molecule has 1 amide bonds. The maximum atomic E-state index is 12.1.